The molecule has 4 nitrogen and oxygen atoms in total. The van der Waals surface area contributed by atoms with Crippen molar-refractivity contribution in [2.45, 2.75) is 12.5 Å². The van der Waals surface area contributed by atoms with E-state index >= 15 is 0 Å². The quantitative estimate of drug-likeness (QED) is 0.930. The number of hydrogen-bond donors (Lipinski definition) is 1. The topological polar surface area (TPSA) is 53.4 Å². The van der Waals surface area contributed by atoms with Crippen LogP contribution in [0.2, 0.25) is 0 Å². The van der Waals surface area contributed by atoms with Crippen LogP contribution >= 0.6 is 11.3 Å². The Morgan fingerprint density at radius 1 is 1.37 bits per heavy atom. The van der Waals surface area contributed by atoms with Crippen LogP contribution in [0.5, 0.6) is 0 Å². The third-order valence-electron chi connectivity index (χ3n) is 3.37. The molecule has 0 unspecified atom stereocenters. The van der Waals surface area contributed by atoms with Crippen molar-refractivity contribution < 1.29 is 9.90 Å². The molecule has 3 rings (SSSR count). The van der Waals surface area contributed by atoms with Gasteiger partial charge in [-0.2, -0.15) is 0 Å². The Balaban J connectivity index is 1.61. The number of carboxylic acids is 1. The molecule has 0 spiro atoms. The molecule has 1 aromatic heterocycles. The minimum absolute atomic E-state index is 0.231. The van der Waals surface area contributed by atoms with Crippen LogP contribution in [-0.4, -0.2) is 34.0 Å². The molecule has 5 heteroatoms. The highest BCUT2D eigenvalue weighted by Gasteiger charge is 2.32. The van der Waals surface area contributed by atoms with Crippen molar-refractivity contribution in [3.8, 4) is 0 Å². The highest BCUT2D eigenvalue weighted by atomic mass is 32.1. The number of carboxylic acid groups (broad SMARTS) is 1. The summed E-state index contributed by atoms with van der Waals surface area (Å²) in [6, 6.07) is 10.3. The number of hydrogen-bond acceptors (Lipinski definition) is 4. The first kappa shape index (κ1) is 12.3. The summed E-state index contributed by atoms with van der Waals surface area (Å²) in [6.07, 6.45) is 0. The van der Waals surface area contributed by atoms with Gasteiger partial charge < -0.3 is 5.11 Å². The average Bonchev–Trinajstić information content (AvgIpc) is 2.83. The zero-order valence-electron chi connectivity index (χ0n) is 10.3. The minimum atomic E-state index is -0.919. The molecule has 0 amide bonds. The van der Waals surface area contributed by atoms with Crippen molar-refractivity contribution in [1.29, 1.82) is 0 Å². The van der Waals surface area contributed by atoms with E-state index in [1.807, 2.05) is 18.2 Å². The SMILES string of the molecule is O=C(O)c1ncsc1C1CN(Cc2ccccc2)C1. The Morgan fingerprint density at radius 3 is 2.79 bits per heavy atom. The molecule has 98 valence electrons. The molecular weight excluding hydrogens is 260 g/mol. The maximum Gasteiger partial charge on any atom is 0.355 e. The van der Waals surface area contributed by atoms with Crippen LogP contribution in [0.25, 0.3) is 0 Å². The first-order valence-corrected chi connectivity index (χ1v) is 7.05. The lowest BCUT2D eigenvalue weighted by Crippen LogP contribution is -2.44. The number of likely N-dealkylation sites (tertiary alicyclic amines) is 1. The van der Waals surface area contributed by atoms with Crippen LogP contribution in [0.3, 0.4) is 0 Å². The van der Waals surface area contributed by atoms with Gasteiger partial charge in [0.25, 0.3) is 0 Å². The minimum Gasteiger partial charge on any atom is -0.476 e. The van der Waals surface area contributed by atoms with Gasteiger partial charge in [-0.1, -0.05) is 30.3 Å². The molecule has 0 aliphatic carbocycles. The van der Waals surface area contributed by atoms with Crippen molar-refractivity contribution >= 4 is 17.3 Å². The maximum atomic E-state index is 11.0. The maximum absolute atomic E-state index is 11.0. The molecule has 2 heterocycles. The molecule has 1 aromatic carbocycles. The van der Waals surface area contributed by atoms with Gasteiger partial charge in [-0.25, -0.2) is 9.78 Å². The van der Waals surface area contributed by atoms with E-state index in [9.17, 15) is 4.79 Å². The van der Waals surface area contributed by atoms with Crippen LogP contribution in [0.15, 0.2) is 35.8 Å². The second-order valence-electron chi connectivity index (χ2n) is 4.75. The fraction of sp³-hybridized carbons (Fsp3) is 0.286. The molecular formula is C14H14N2O2S. The summed E-state index contributed by atoms with van der Waals surface area (Å²) < 4.78 is 0. The van der Waals surface area contributed by atoms with E-state index < -0.39 is 5.97 Å². The summed E-state index contributed by atoms with van der Waals surface area (Å²) in [5.74, 6) is -0.597. The van der Waals surface area contributed by atoms with Gasteiger partial charge in [-0.15, -0.1) is 11.3 Å². The molecule has 0 bridgehead atoms. The first-order chi connectivity index (χ1) is 9.24. The summed E-state index contributed by atoms with van der Waals surface area (Å²) in [7, 11) is 0. The van der Waals surface area contributed by atoms with Crippen LogP contribution in [0.1, 0.15) is 26.8 Å². The van der Waals surface area contributed by atoms with Gasteiger partial charge in [0, 0.05) is 30.4 Å². The molecule has 1 aliphatic rings. The molecule has 2 aromatic rings. The molecule has 19 heavy (non-hydrogen) atoms. The van der Waals surface area contributed by atoms with E-state index in [0.29, 0.717) is 5.92 Å². The molecule has 1 aliphatic heterocycles. The lowest BCUT2D eigenvalue weighted by Gasteiger charge is -2.38. The fourth-order valence-electron chi connectivity index (χ4n) is 2.41. The molecule has 1 N–H and O–H groups in total. The number of aromatic carboxylic acids is 1. The molecule has 1 saturated heterocycles. The smallest absolute Gasteiger partial charge is 0.355 e. The van der Waals surface area contributed by atoms with E-state index in [0.717, 1.165) is 24.5 Å². The Kier molecular flexibility index (Phi) is 3.31. The number of thiazole rings is 1. The fourth-order valence-corrected chi connectivity index (χ4v) is 3.28. The van der Waals surface area contributed by atoms with Gasteiger partial charge in [0.05, 0.1) is 5.51 Å². The van der Waals surface area contributed by atoms with E-state index in [1.54, 1.807) is 5.51 Å². The highest BCUT2D eigenvalue weighted by molar-refractivity contribution is 7.10. The van der Waals surface area contributed by atoms with Gasteiger partial charge in [-0.05, 0) is 5.56 Å². The summed E-state index contributed by atoms with van der Waals surface area (Å²) in [5, 5.41) is 9.05. The normalized spacial score (nSPS) is 16.2. The number of carbonyl (C=O) groups is 1. The predicted molar refractivity (Wildman–Crippen MR) is 73.5 cm³/mol. The van der Waals surface area contributed by atoms with Crippen LogP contribution in [-0.2, 0) is 6.54 Å². The van der Waals surface area contributed by atoms with Crippen molar-refractivity contribution in [3.05, 3.63) is 52.0 Å². The average molecular weight is 274 g/mol. The van der Waals surface area contributed by atoms with Gasteiger partial charge >= 0.3 is 5.97 Å². The standard InChI is InChI=1S/C14H14N2O2S/c17-14(18)12-13(19-9-15-12)11-7-16(8-11)6-10-4-2-1-3-5-10/h1-5,9,11H,6-8H2,(H,17,18). The number of aromatic nitrogens is 1. The molecule has 0 atom stereocenters. The Morgan fingerprint density at radius 2 is 2.11 bits per heavy atom. The Bertz CT molecular complexity index is 576. The molecule has 0 saturated carbocycles. The van der Waals surface area contributed by atoms with Crippen molar-refractivity contribution in [2.75, 3.05) is 13.1 Å². The van der Waals surface area contributed by atoms with Gasteiger partial charge in [0.15, 0.2) is 5.69 Å². The van der Waals surface area contributed by atoms with Gasteiger partial charge in [0.2, 0.25) is 0 Å². The second-order valence-corrected chi connectivity index (χ2v) is 5.63. The highest BCUT2D eigenvalue weighted by Crippen LogP contribution is 2.32. The third kappa shape index (κ3) is 2.52. The van der Waals surface area contributed by atoms with Gasteiger partial charge in [0.1, 0.15) is 0 Å². The third-order valence-corrected chi connectivity index (χ3v) is 4.37. The number of benzene rings is 1. The Hall–Kier alpha value is -1.72. The van der Waals surface area contributed by atoms with Crippen molar-refractivity contribution in [3.63, 3.8) is 0 Å². The molecule has 1 fully saturated rings. The largest absolute Gasteiger partial charge is 0.476 e. The zero-order chi connectivity index (χ0) is 13.2. The lowest BCUT2D eigenvalue weighted by atomic mass is 9.96. The van der Waals surface area contributed by atoms with E-state index in [1.165, 1.54) is 16.9 Å². The predicted octanol–water partition coefficient (Wildman–Crippen LogP) is 2.44. The first-order valence-electron chi connectivity index (χ1n) is 6.17. The summed E-state index contributed by atoms with van der Waals surface area (Å²) in [5.41, 5.74) is 3.15. The van der Waals surface area contributed by atoms with E-state index in [-0.39, 0.29) is 5.69 Å². The van der Waals surface area contributed by atoms with Crippen molar-refractivity contribution in [1.82, 2.24) is 9.88 Å². The van der Waals surface area contributed by atoms with Crippen LogP contribution < -0.4 is 0 Å². The second kappa shape index (κ2) is 5.11. The summed E-state index contributed by atoms with van der Waals surface area (Å²) in [4.78, 5) is 18.2. The lowest BCUT2D eigenvalue weighted by molar-refractivity contribution is 0.0685. The van der Waals surface area contributed by atoms with Crippen LogP contribution in [0.4, 0.5) is 0 Å². The molecule has 0 radical (unpaired) electrons. The van der Waals surface area contributed by atoms with Crippen LogP contribution in [0, 0.1) is 0 Å². The monoisotopic (exact) mass is 274 g/mol. The summed E-state index contributed by atoms with van der Waals surface area (Å²) in [6.45, 7) is 2.76. The van der Waals surface area contributed by atoms with E-state index in [4.69, 9.17) is 5.11 Å². The summed E-state index contributed by atoms with van der Waals surface area (Å²) >= 11 is 1.45. The zero-order valence-corrected chi connectivity index (χ0v) is 11.1. The Labute approximate surface area is 115 Å². The number of nitrogens with zero attached hydrogens (tertiary/aromatic N) is 2. The van der Waals surface area contributed by atoms with Gasteiger partial charge in [-0.3, -0.25) is 4.90 Å². The number of rotatable bonds is 4. The van der Waals surface area contributed by atoms with E-state index in [2.05, 4.69) is 22.0 Å². The van der Waals surface area contributed by atoms with Crippen molar-refractivity contribution in [2.24, 2.45) is 0 Å².